The second-order valence-electron chi connectivity index (χ2n) is 2.84. The van der Waals surface area contributed by atoms with Crippen molar-refractivity contribution in [3.8, 4) is 0 Å². The standard InChI is InChI=1S/C6H11N3O/c1-4-3-8-9-6(4,2)5(7)10/h4H,3H2,1-2H3,(H2,7,10). The van der Waals surface area contributed by atoms with Crippen LogP contribution in [0, 0.1) is 5.92 Å². The van der Waals surface area contributed by atoms with E-state index in [1.807, 2.05) is 6.92 Å². The SMILES string of the molecule is CC1CN=NC1(C)C(N)=O. The molecular weight excluding hydrogens is 130 g/mol. The molecule has 0 bridgehead atoms. The number of amides is 1. The summed E-state index contributed by atoms with van der Waals surface area (Å²) in [7, 11) is 0. The Morgan fingerprint density at radius 2 is 2.40 bits per heavy atom. The van der Waals surface area contributed by atoms with Gasteiger partial charge in [0.15, 0.2) is 5.54 Å². The quantitative estimate of drug-likeness (QED) is 0.561. The van der Waals surface area contributed by atoms with E-state index in [4.69, 9.17) is 5.73 Å². The molecule has 1 aliphatic heterocycles. The van der Waals surface area contributed by atoms with Crippen LogP contribution in [0.3, 0.4) is 0 Å². The maximum Gasteiger partial charge on any atom is 0.247 e. The van der Waals surface area contributed by atoms with Crippen LogP contribution in [0.4, 0.5) is 0 Å². The van der Waals surface area contributed by atoms with E-state index in [0.717, 1.165) is 0 Å². The third-order valence-electron chi connectivity index (χ3n) is 2.09. The Hall–Kier alpha value is -0.930. The Morgan fingerprint density at radius 3 is 2.60 bits per heavy atom. The lowest BCUT2D eigenvalue weighted by atomic mass is 9.89. The minimum absolute atomic E-state index is 0.144. The lowest BCUT2D eigenvalue weighted by molar-refractivity contribution is -0.123. The van der Waals surface area contributed by atoms with Gasteiger partial charge in [0, 0.05) is 5.92 Å². The maximum absolute atomic E-state index is 10.8. The Morgan fingerprint density at radius 1 is 1.80 bits per heavy atom. The summed E-state index contributed by atoms with van der Waals surface area (Å²) >= 11 is 0. The molecule has 1 heterocycles. The summed E-state index contributed by atoms with van der Waals surface area (Å²) in [6.45, 7) is 4.25. The van der Waals surface area contributed by atoms with Gasteiger partial charge in [-0.1, -0.05) is 6.92 Å². The summed E-state index contributed by atoms with van der Waals surface area (Å²) in [4.78, 5) is 10.8. The smallest absolute Gasteiger partial charge is 0.247 e. The molecule has 2 atom stereocenters. The summed E-state index contributed by atoms with van der Waals surface area (Å²) in [6, 6.07) is 0. The molecule has 0 aromatic heterocycles. The summed E-state index contributed by atoms with van der Waals surface area (Å²) in [5, 5.41) is 7.56. The molecule has 2 N–H and O–H groups in total. The predicted molar refractivity (Wildman–Crippen MR) is 36.5 cm³/mol. The zero-order valence-electron chi connectivity index (χ0n) is 6.16. The molecule has 2 unspecified atom stereocenters. The van der Waals surface area contributed by atoms with Crippen molar-refractivity contribution in [3.63, 3.8) is 0 Å². The maximum atomic E-state index is 10.8. The largest absolute Gasteiger partial charge is 0.368 e. The van der Waals surface area contributed by atoms with E-state index in [2.05, 4.69) is 10.2 Å². The van der Waals surface area contributed by atoms with Gasteiger partial charge in [-0.05, 0) is 6.92 Å². The number of carbonyl (C=O) groups is 1. The predicted octanol–water partition coefficient (Wildman–Crippen LogP) is 0.332. The van der Waals surface area contributed by atoms with Gasteiger partial charge in [-0.15, -0.1) is 0 Å². The van der Waals surface area contributed by atoms with Gasteiger partial charge in [-0.2, -0.15) is 10.2 Å². The number of primary amides is 1. The van der Waals surface area contributed by atoms with Crippen molar-refractivity contribution in [3.05, 3.63) is 0 Å². The fourth-order valence-electron chi connectivity index (χ4n) is 0.879. The normalized spacial score (nSPS) is 38.4. The molecule has 1 rings (SSSR count). The summed E-state index contributed by atoms with van der Waals surface area (Å²) in [5.41, 5.74) is 4.38. The number of azo groups is 1. The first-order valence-electron chi connectivity index (χ1n) is 3.26. The zero-order chi connectivity index (χ0) is 7.78. The third-order valence-corrected chi connectivity index (χ3v) is 2.09. The first-order valence-corrected chi connectivity index (χ1v) is 3.26. The van der Waals surface area contributed by atoms with Crippen LogP contribution in [0.1, 0.15) is 13.8 Å². The number of hydrogen-bond acceptors (Lipinski definition) is 3. The molecule has 1 amide bonds. The van der Waals surface area contributed by atoms with Crippen LogP contribution in [0.25, 0.3) is 0 Å². The van der Waals surface area contributed by atoms with Crippen molar-refractivity contribution < 1.29 is 4.79 Å². The minimum Gasteiger partial charge on any atom is -0.368 e. The molecule has 0 fully saturated rings. The molecule has 0 saturated heterocycles. The molecule has 0 spiro atoms. The number of carbonyl (C=O) groups excluding carboxylic acids is 1. The highest BCUT2D eigenvalue weighted by Gasteiger charge is 2.40. The fraction of sp³-hybridized carbons (Fsp3) is 0.833. The highest BCUT2D eigenvalue weighted by atomic mass is 16.1. The van der Waals surface area contributed by atoms with Gasteiger partial charge in [0.05, 0.1) is 6.54 Å². The Labute approximate surface area is 59.5 Å². The van der Waals surface area contributed by atoms with Crippen LogP contribution < -0.4 is 5.73 Å². The Balaban J connectivity index is 2.85. The van der Waals surface area contributed by atoms with Crippen molar-refractivity contribution in [2.45, 2.75) is 19.4 Å². The van der Waals surface area contributed by atoms with E-state index >= 15 is 0 Å². The summed E-state index contributed by atoms with van der Waals surface area (Å²) in [6.07, 6.45) is 0. The molecule has 4 heteroatoms. The molecular formula is C6H11N3O. The van der Waals surface area contributed by atoms with E-state index in [1.165, 1.54) is 0 Å². The molecule has 0 radical (unpaired) electrons. The van der Waals surface area contributed by atoms with E-state index in [0.29, 0.717) is 6.54 Å². The molecule has 0 aliphatic carbocycles. The minimum atomic E-state index is -0.750. The van der Waals surface area contributed by atoms with Crippen LogP contribution in [-0.2, 0) is 4.79 Å². The van der Waals surface area contributed by atoms with Gasteiger partial charge in [0.2, 0.25) is 5.91 Å². The van der Waals surface area contributed by atoms with Gasteiger partial charge in [0.1, 0.15) is 0 Å². The van der Waals surface area contributed by atoms with Gasteiger partial charge >= 0.3 is 0 Å². The second-order valence-corrected chi connectivity index (χ2v) is 2.84. The summed E-state index contributed by atoms with van der Waals surface area (Å²) in [5.74, 6) is -0.244. The van der Waals surface area contributed by atoms with Crippen molar-refractivity contribution in [2.24, 2.45) is 21.9 Å². The van der Waals surface area contributed by atoms with Gasteiger partial charge < -0.3 is 5.73 Å². The second kappa shape index (κ2) is 2.04. The van der Waals surface area contributed by atoms with Crippen LogP contribution in [0.2, 0.25) is 0 Å². The third kappa shape index (κ3) is 0.798. The van der Waals surface area contributed by atoms with E-state index in [-0.39, 0.29) is 11.8 Å². The van der Waals surface area contributed by atoms with Crippen LogP contribution >= 0.6 is 0 Å². The Kier molecular flexibility index (Phi) is 1.46. The molecule has 0 aromatic carbocycles. The highest BCUT2D eigenvalue weighted by Crippen LogP contribution is 2.27. The van der Waals surface area contributed by atoms with Crippen molar-refractivity contribution in [2.75, 3.05) is 6.54 Å². The fourth-order valence-corrected chi connectivity index (χ4v) is 0.879. The van der Waals surface area contributed by atoms with Crippen LogP contribution in [0.5, 0.6) is 0 Å². The molecule has 56 valence electrons. The van der Waals surface area contributed by atoms with Crippen molar-refractivity contribution in [1.82, 2.24) is 0 Å². The van der Waals surface area contributed by atoms with E-state index < -0.39 is 5.54 Å². The van der Waals surface area contributed by atoms with E-state index in [1.54, 1.807) is 6.92 Å². The first-order chi connectivity index (χ1) is 4.57. The monoisotopic (exact) mass is 141 g/mol. The first kappa shape index (κ1) is 7.18. The van der Waals surface area contributed by atoms with Crippen LogP contribution in [0.15, 0.2) is 10.2 Å². The Bertz CT molecular complexity index is 189. The highest BCUT2D eigenvalue weighted by molar-refractivity contribution is 5.84. The van der Waals surface area contributed by atoms with Gasteiger partial charge in [-0.3, -0.25) is 4.79 Å². The zero-order valence-corrected chi connectivity index (χ0v) is 6.16. The number of nitrogens with two attached hydrogens (primary N) is 1. The van der Waals surface area contributed by atoms with E-state index in [9.17, 15) is 4.79 Å². The lowest BCUT2D eigenvalue weighted by Gasteiger charge is -2.19. The molecule has 1 aliphatic rings. The molecule has 0 aromatic rings. The van der Waals surface area contributed by atoms with Gasteiger partial charge in [0.25, 0.3) is 0 Å². The number of rotatable bonds is 1. The lowest BCUT2D eigenvalue weighted by Crippen LogP contribution is -2.43. The van der Waals surface area contributed by atoms with Crippen molar-refractivity contribution >= 4 is 5.91 Å². The summed E-state index contributed by atoms with van der Waals surface area (Å²) < 4.78 is 0. The molecule has 10 heavy (non-hydrogen) atoms. The number of nitrogens with zero attached hydrogens (tertiary/aromatic N) is 2. The topological polar surface area (TPSA) is 67.8 Å². The average molecular weight is 141 g/mol. The molecule has 4 nitrogen and oxygen atoms in total. The van der Waals surface area contributed by atoms with Crippen LogP contribution in [-0.4, -0.2) is 18.0 Å². The molecule has 0 saturated carbocycles. The average Bonchev–Trinajstić information content (AvgIpc) is 2.15. The van der Waals surface area contributed by atoms with Gasteiger partial charge in [-0.25, -0.2) is 0 Å². The number of hydrogen-bond donors (Lipinski definition) is 1. The van der Waals surface area contributed by atoms with Crippen molar-refractivity contribution in [1.29, 1.82) is 0 Å².